The maximum absolute atomic E-state index is 13.5. The van der Waals surface area contributed by atoms with Gasteiger partial charge in [-0.05, 0) is 31.5 Å². The summed E-state index contributed by atoms with van der Waals surface area (Å²) in [6.45, 7) is 10.1. The summed E-state index contributed by atoms with van der Waals surface area (Å²) in [5, 5.41) is 4.08. The van der Waals surface area contributed by atoms with Crippen LogP contribution in [0.15, 0.2) is 28.8 Å². The van der Waals surface area contributed by atoms with E-state index < -0.39 is 0 Å². The van der Waals surface area contributed by atoms with Crippen LogP contribution in [0.1, 0.15) is 57.0 Å². The Balaban J connectivity index is 1.76. The number of rotatable bonds is 4. The molecular weight excluding hydrogens is 309 g/mol. The van der Waals surface area contributed by atoms with E-state index in [1.54, 1.807) is 6.07 Å². The predicted octanol–water partition coefficient (Wildman–Crippen LogP) is 3.68. The van der Waals surface area contributed by atoms with Gasteiger partial charge >= 0.3 is 0 Å². The largest absolute Gasteiger partial charge is 0.370 e. The molecule has 24 heavy (non-hydrogen) atoms. The molecule has 1 atom stereocenters. The Morgan fingerprint density at radius 2 is 2.17 bits per heavy atom. The fraction of sp³-hybridized carbons (Fsp3) is 0.556. The van der Waals surface area contributed by atoms with Gasteiger partial charge in [-0.1, -0.05) is 31.1 Å². The standard InChI is InChI=1S/C18H24FN3O2/c1-12(2)17-20-16(21-24-17)10-22-9-15(23-11-18(22,3)4)13-6-5-7-14(19)8-13/h5-8,12,15H,9-11H2,1-4H3. The van der Waals surface area contributed by atoms with Crippen molar-refractivity contribution in [1.82, 2.24) is 15.0 Å². The highest BCUT2D eigenvalue weighted by Gasteiger charge is 2.36. The zero-order valence-electron chi connectivity index (χ0n) is 14.6. The SMILES string of the molecule is CC(C)c1nc(CN2CC(c3cccc(F)c3)OCC2(C)C)no1. The highest BCUT2D eigenvalue weighted by Crippen LogP contribution is 2.31. The van der Waals surface area contributed by atoms with Gasteiger partial charge in [-0.2, -0.15) is 4.98 Å². The van der Waals surface area contributed by atoms with E-state index in [1.165, 1.54) is 12.1 Å². The molecule has 1 aromatic heterocycles. The van der Waals surface area contributed by atoms with Gasteiger partial charge in [0.1, 0.15) is 5.82 Å². The molecular formula is C18H24FN3O2. The van der Waals surface area contributed by atoms with Crippen LogP contribution in [-0.2, 0) is 11.3 Å². The highest BCUT2D eigenvalue weighted by molar-refractivity contribution is 5.20. The van der Waals surface area contributed by atoms with Crippen molar-refractivity contribution in [3.63, 3.8) is 0 Å². The molecule has 0 N–H and O–H groups in total. The van der Waals surface area contributed by atoms with Crippen molar-refractivity contribution in [1.29, 1.82) is 0 Å². The lowest BCUT2D eigenvalue weighted by molar-refractivity contribution is -0.105. The summed E-state index contributed by atoms with van der Waals surface area (Å²) in [4.78, 5) is 6.73. The Kier molecular flexibility index (Phi) is 4.69. The molecule has 1 aromatic carbocycles. The van der Waals surface area contributed by atoms with Gasteiger partial charge in [0, 0.05) is 18.0 Å². The van der Waals surface area contributed by atoms with Crippen molar-refractivity contribution in [3.8, 4) is 0 Å². The van der Waals surface area contributed by atoms with Crippen molar-refractivity contribution in [2.45, 2.75) is 51.8 Å². The average Bonchev–Trinajstić information content (AvgIpc) is 2.98. The van der Waals surface area contributed by atoms with Gasteiger partial charge in [0.25, 0.3) is 0 Å². The molecule has 0 bridgehead atoms. The Labute approximate surface area is 141 Å². The summed E-state index contributed by atoms with van der Waals surface area (Å²) in [5.74, 6) is 1.29. The van der Waals surface area contributed by atoms with Crippen LogP contribution in [0.5, 0.6) is 0 Å². The van der Waals surface area contributed by atoms with Crippen molar-refractivity contribution >= 4 is 0 Å². The van der Waals surface area contributed by atoms with E-state index in [-0.39, 0.29) is 23.4 Å². The molecule has 0 saturated carbocycles. The molecule has 6 heteroatoms. The lowest BCUT2D eigenvalue weighted by atomic mass is 9.98. The van der Waals surface area contributed by atoms with Gasteiger partial charge in [0.2, 0.25) is 5.89 Å². The van der Waals surface area contributed by atoms with Crippen molar-refractivity contribution < 1.29 is 13.7 Å². The van der Waals surface area contributed by atoms with Crippen LogP contribution in [0, 0.1) is 5.82 Å². The molecule has 2 heterocycles. The monoisotopic (exact) mass is 333 g/mol. The molecule has 1 fully saturated rings. The zero-order chi connectivity index (χ0) is 17.3. The number of aromatic nitrogens is 2. The summed E-state index contributed by atoms with van der Waals surface area (Å²) < 4.78 is 24.8. The van der Waals surface area contributed by atoms with Gasteiger partial charge in [-0.25, -0.2) is 4.39 Å². The first-order valence-corrected chi connectivity index (χ1v) is 8.30. The maximum Gasteiger partial charge on any atom is 0.229 e. The minimum atomic E-state index is -0.243. The molecule has 1 unspecified atom stereocenters. The predicted molar refractivity (Wildman–Crippen MR) is 88.0 cm³/mol. The third kappa shape index (κ3) is 3.65. The van der Waals surface area contributed by atoms with Crippen LogP contribution in [0.2, 0.25) is 0 Å². The second-order valence-electron chi connectivity index (χ2n) is 7.25. The third-order valence-corrected chi connectivity index (χ3v) is 4.41. The fourth-order valence-electron chi connectivity index (χ4n) is 2.82. The van der Waals surface area contributed by atoms with Crippen LogP contribution in [-0.4, -0.2) is 33.7 Å². The molecule has 130 valence electrons. The summed E-state index contributed by atoms with van der Waals surface area (Å²) in [6, 6.07) is 6.59. The molecule has 0 aliphatic carbocycles. The molecule has 0 spiro atoms. The quantitative estimate of drug-likeness (QED) is 0.854. The van der Waals surface area contributed by atoms with E-state index >= 15 is 0 Å². The first-order chi connectivity index (χ1) is 11.3. The molecule has 1 saturated heterocycles. The summed E-state index contributed by atoms with van der Waals surface area (Å²) in [5.41, 5.74) is 0.703. The molecule has 1 aliphatic heterocycles. The van der Waals surface area contributed by atoms with Crippen molar-refractivity contribution in [2.24, 2.45) is 0 Å². The minimum absolute atomic E-state index is 0.150. The fourth-order valence-corrected chi connectivity index (χ4v) is 2.82. The molecule has 2 aromatic rings. The number of ether oxygens (including phenoxy) is 1. The minimum Gasteiger partial charge on any atom is -0.370 e. The summed E-state index contributed by atoms with van der Waals surface area (Å²) in [7, 11) is 0. The van der Waals surface area contributed by atoms with Crippen LogP contribution in [0.3, 0.4) is 0 Å². The van der Waals surface area contributed by atoms with E-state index in [1.807, 2.05) is 19.9 Å². The van der Waals surface area contributed by atoms with Crippen LogP contribution in [0.4, 0.5) is 4.39 Å². The van der Waals surface area contributed by atoms with Crippen LogP contribution < -0.4 is 0 Å². The van der Waals surface area contributed by atoms with E-state index in [4.69, 9.17) is 9.26 Å². The Morgan fingerprint density at radius 3 is 2.83 bits per heavy atom. The Hall–Kier alpha value is -1.79. The van der Waals surface area contributed by atoms with E-state index in [2.05, 4.69) is 28.9 Å². The number of hydrogen-bond donors (Lipinski definition) is 0. The number of halogens is 1. The topological polar surface area (TPSA) is 51.4 Å². The van der Waals surface area contributed by atoms with Crippen LogP contribution >= 0.6 is 0 Å². The molecule has 0 amide bonds. The van der Waals surface area contributed by atoms with E-state index in [0.29, 0.717) is 31.4 Å². The highest BCUT2D eigenvalue weighted by atomic mass is 19.1. The second-order valence-corrected chi connectivity index (χ2v) is 7.25. The number of nitrogens with zero attached hydrogens (tertiary/aromatic N) is 3. The molecule has 3 rings (SSSR count). The molecule has 0 radical (unpaired) electrons. The first kappa shape index (κ1) is 17.0. The lowest BCUT2D eigenvalue weighted by Crippen LogP contribution is -2.53. The number of morpholine rings is 1. The van der Waals surface area contributed by atoms with E-state index in [0.717, 1.165) is 5.56 Å². The summed E-state index contributed by atoms with van der Waals surface area (Å²) in [6.07, 6.45) is -0.162. The van der Waals surface area contributed by atoms with Gasteiger partial charge in [0.05, 0.1) is 19.3 Å². The van der Waals surface area contributed by atoms with Crippen molar-refractivity contribution in [3.05, 3.63) is 47.4 Å². The first-order valence-electron chi connectivity index (χ1n) is 8.30. The van der Waals surface area contributed by atoms with Gasteiger partial charge < -0.3 is 9.26 Å². The van der Waals surface area contributed by atoms with E-state index in [9.17, 15) is 4.39 Å². The van der Waals surface area contributed by atoms with Gasteiger partial charge in [0.15, 0.2) is 5.82 Å². The maximum atomic E-state index is 13.5. The average molecular weight is 333 g/mol. The smallest absolute Gasteiger partial charge is 0.229 e. The zero-order valence-corrected chi connectivity index (χ0v) is 14.6. The number of hydrogen-bond acceptors (Lipinski definition) is 5. The summed E-state index contributed by atoms with van der Waals surface area (Å²) >= 11 is 0. The second kappa shape index (κ2) is 6.61. The third-order valence-electron chi connectivity index (χ3n) is 4.41. The van der Waals surface area contributed by atoms with Crippen LogP contribution in [0.25, 0.3) is 0 Å². The van der Waals surface area contributed by atoms with Crippen molar-refractivity contribution in [2.75, 3.05) is 13.2 Å². The normalized spacial score (nSPS) is 21.3. The Bertz CT molecular complexity index is 699. The molecule has 1 aliphatic rings. The number of benzene rings is 1. The van der Waals surface area contributed by atoms with Gasteiger partial charge in [-0.3, -0.25) is 4.90 Å². The Morgan fingerprint density at radius 1 is 1.38 bits per heavy atom. The lowest BCUT2D eigenvalue weighted by Gasteiger charge is -2.45. The van der Waals surface area contributed by atoms with Gasteiger partial charge in [-0.15, -0.1) is 0 Å². The molecule has 5 nitrogen and oxygen atoms in total.